The number of rotatable bonds is 8. The van der Waals surface area contributed by atoms with Crippen LogP contribution in [0.1, 0.15) is 29.3 Å². The number of hydrogen-bond donors (Lipinski definition) is 0. The highest BCUT2D eigenvalue weighted by atomic mass is 35.5. The third-order valence-corrected chi connectivity index (χ3v) is 5.71. The second-order valence-electron chi connectivity index (χ2n) is 7.89. The van der Waals surface area contributed by atoms with Crippen LogP contribution < -0.4 is 4.74 Å². The number of carbonyl (C=O) groups is 1. The molecule has 0 aliphatic carbocycles. The summed E-state index contributed by atoms with van der Waals surface area (Å²) >= 11 is 6.35. The van der Waals surface area contributed by atoms with Crippen LogP contribution in [0.5, 0.6) is 11.6 Å². The SMILES string of the molecule is CCCN(Cc1c(-c2ccccc2)nn(C)c1Oc1ccccc1Cl)C(=O)c1ccc(F)cc1. The Balaban J connectivity index is 1.77. The monoisotopic (exact) mass is 477 g/mol. The Morgan fingerprint density at radius 1 is 1.03 bits per heavy atom. The van der Waals surface area contributed by atoms with Gasteiger partial charge in [0, 0.05) is 24.7 Å². The van der Waals surface area contributed by atoms with Gasteiger partial charge in [-0.2, -0.15) is 5.10 Å². The van der Waals surface area contributed by atoms with Crippen LogP contribution in [-0.2, 0) is 13.6 Å². The van der Waals surface area contributed by atoms with Gasteiger partial charge in [0.2, 0.25) is 5.88 Å². The number of nitrogens with zero attached hydrogens (tertiary/aromatic N) is 3. The van der Waals surface area contributed by atoms with Crippen molar-refractivity contribution in [3.63, 3.8) is 0 Å². The predicted octanol–water partition coefficient (Wildman–Crippen LogP) is 6.72. The highest BCUT2D eigenvalue weighted by Gasteiger charge is 2.25. The Bertz CT molecular complexity index is 1270. The third kappa shape index (κ3) is 5.13. The number of aromatic nitrogens is 2. The van der Waals surface area contributed by atoms with Gasteiger partial charge in [-0.1, -0.05) is 61.0 Å². The van der Waals surface area contributed by atoms with E-state index in [4.69, 9.17) is 21.4 Å². The molecule has 7 heteroatoms. The Kier molecular flexibility index (Phi) is 7.28. The van der Waals surface area contributed by atoms with Crippen LogP contribution in [0.25, 0.3) is 11.3 Å². The fourth-order valence-corrected chi connectivity index (χ4v) is 3.94. The lowest BCUT2D eigenvalue weighted by molar-refractivity contribution is 0.0742. The lowest BCUT2D eigenvalue weighted by Gasteiger charge is -2.23. The third-order valence-electron chi connectivity index (χ3n) is 5.40. The molecule has 3 aromatic carbocycles. The molecule has 0 spiro atoms. The summed E-state index contributed by atoms with van der Waals surface area (Å²) in [5.74, 6) is 0.431. The summed E-state index contributed by atoms with van der Waals surface area (Å²) in [7, 11) is 1.80. The summed E-state index contributed by atoms with van der Waals surface area (Å²) in [6.45, 7) is 2.79. The van der Waals surface area contributed by atoms with Crippen molar-refractivity contribution in [2.45, 2.75) is 19.9 Å². The average molecular weight is 478 g/mol. The molecule has 4 aromatic rings. The molecule has 0 saturated heterocycles. The largest absolute Gasteiger partial charge is 0.437 e. The summed E-state index contributed by atoms with van der Waals surface area (Å²) in [6.07, 6.45) is 0.759. The standard InChI is InChI=1S/C27H25ClFN3O2/c1-3-17-32(26(33)20-13-15-21(29)16-14-20)18-22-25(19-9-5-4-6-10-19)30-31(2)27(22)34-24-12-8-7-11-23(24)28/h4-16H,3,17-18H2,1-2H3. The van der Waals surface area contributed by atoms with Gasteiger partial charge >= 0.3 is 0 Å². The predicted molar refractivity (Wildman–Crippen MR) is 132 cm³/mol. The second-order valence-corrected chi connectivity index (χ2v) is 8.30. The van der Waals surface area contributed by atoms with Gasteiger partial charge in [-0.05, 0) is 42.8 Å². The Labute approximate surface area is 203 Å². The molecule has 0 saturated carbocycles. The first-order valence-electron chi connectivity index (χ1n) is 11.1. The van der Waals surface area contributed by atoms with Crippen molar-refractivity contribution in [3.8, 4) is 22.9 Å². The van der Waals surface area contributed by atoms with Crippen LogP contribution in [0.3, 0.4) is 0 Å². The highest BCUT2D eigenvalue weighted by Crippen LogP contribution is 2.36. The molecule has 0 N–H and O–H groups in total. The van der Waals surface area contributed by atoms with E-state index in [1.165, 1.54) is 24.3 Å². The maximum absolute atomic E-state index is 13.4. The number of benzene rings is 3. The molecule has 0 unspecified atom stereocenters. The molecule has 0 aliphatic rings. The van der Waals surface area contributed by atoms with Crippen LogP contribution in [0.2, 0.25) is 5.02 Å². The highest BCUT2D eigenvalue weighted by molar-refractivity contribution is 6.32. The van der Waals surface area contributed by atoms with E-state index < -0.39 is 0 Å². The van der Waals surface area contributed by atoms with Gasteiger partial charge in [-0.25, -0.2) is 9.07 Å². The van der Waals surface area contributed by atoms with E-state index in [1.807, 2.05) is 49.4 Å². The maximum atomic E-state index is 13.4. The topological polar surface area (TPSA) is 47.4 Å². The Hall–Kier alpha value is -3.64. The molecule has 1 amide bonds. The summed E-state index contributed by atoms with van der Waals surface area (Å²) in [5.41, 5.74) is 2.82. The molecule has 4 rings (SSSR count). The van der Waals surface area contributed by atoms with E-state index >= 15 is 0 Å². The second kappa shape index (κ2) is 10.5. The van der Waals surface area contributed by atoms with Crippen molar-refractivity contribution in [1.29, 1.82) is 0 Å². The molecule has 0 atom stereocenters. The number of para-hydroxylation sites is 1. The molecule has 0 bridgehead atoms. The minimum absolute atomic E-state index is 0.187. The molecule has 0 fully saturated rings. The van der Waals surface area contributed by atoms with Gasteiger partial charge in [0.1, 0.15) is 17.3 Å². The Morgan fingerprint density at radius 3 is 2.38 bits per heavy atom. The van der Waals surface area contributed by atoms with E-state index in [1.54, 1.807) is 28.8 Å². The zero-order valence-corrected chi connectivity index (χ0v) is 19.8. The maximum Gasteiger partial charge on any atom is 0.254 e. The molecule has 0 radical (unpaired) electrons. The van der Waals surface area contributed by atoms with Gasteiger partial charge in [-0.3, -0.25) is 4.79 Å². The number of carbonyl (C=O) groups excluding carboxylic acids is 1. The molecule has 34 heavy (non-hydrogen) atoms. The van der Waals surface area contributed by atoms with E-state index in [9.17, 15) is 9.18 Å². The number of ether oxygens (including phenoxy) is 1. The van der Waals surface area contributed by atoms with Gasteiger partial charge < -0.3 is 9.64 Å². The Morgan fingerprint density at radius 2 is 1.71 bits per heavy atom. The number of halogens is 2. The van der Waals surface area contributed by atoms with Gasteiger partial charge in [-0.15, -0.1) is 0 Å². The van der Waals surface area contributed by atoms with E-state index in [-0.39, 0.29) is 18.3 Å². The van der Waals surface area contributed by atoms with E-state index in [0.717, 1.165) is 23.2 Å². The minimum Gasteiger partial charge on any atom is -0.437 e. The zero-order chi connectivity index (χ0) is 24.1. The first kappa shape index (κ1) is 23.5. The summed E-state index contributed by atoms with van der Waals surface area (Å²) < 4.78 is 21.3. The van der Waals surface area contributed by atoms with Crippen LogP contribution in [0, 0.1) is 5.82 Å². The normalized spacial score (nSPS) is 10.8. The van der Waals surface area contributed by atoms with E-state index in [0.29, 0.717) is 28.8 Å². The number of amides is 1. The van der Waals surface area contributed by atoms with Crippen molar-refractivity contribution < 1.29 is 13.9 Å². The van der Waals surface area contributed by atoms with Crippen molar-refractivity contribution in [2.75, 3.05) is 6.54 Å². The molecule has 174 valence electrons. The van der Waals surface area contributed by atoms with Gasteiger partial charge in [0.25, 0.3) is 5.91 Å². The molecular formula is C27H25ClFN3O2. The van der Waals surface area contributed by atoms with Crippen molar-refractivity contribution in [3.05, 3.63) is 101 Å². The van der Waals surface area contributed by atoms with Crippen LogP contribution >= 0.6 is 11.6 Å². The molecular weight excluding hydrogens is 453 g/mol. The van der Waals surface area contributed by atoms with Gasteiger partial charge in [0.05, 0.1) is 17.1 Å². The minimum atomic E-state index is -0.382. The fourth-order valence-electron chi connectivity index (χ4n) is 3.77. The quantitative estimate of drug-likeness (QED) is 0.283. The van der Waals surface area contributed by atoms with Crippen molar-refractivity contribution in [1.82, 2.24) is 14.7 Å². The summed E-state index contributed by atoms with van der Waals surface area (Å²) in [5, 5.41) is 5.20. The molecule has 1 heterocycles. The van der Waals surface area contributed by atoms with Crippen LogP contribution in [0.4, 0.5) is 4.39 Å². The van der Waals surface area contributed by atoms with Crippen molar-refractivity contribution in [2.24, 2.45) is 7.05 Å². The zero-order valence-electron chi connectivity index (χ0n) is 19.0. The first-order chi connectivity index (χ1) is 16.5. The smallest absolute Gasteiger partial charge is 0.254 e. The van der Waals surface area contributed by atoms with Crippen molar-refractivity contribution >= 4 is 17.5 Å². The van der Waals surface area contributed by atoms with Crippen LogP contribution in [-0.4, -0.2) is 27.1 Å². The van der Waals surface area contributed by atoms with E-state index in [2.05, 4.69) is 0 Å². The number of hydrogen-bond acceptors (Lipinski definition) is 3. The molecule has 5 nitrogen and oxygen atoms in total. The summed E-state index contributed by atoms with van der Waals surface area (Å²) in [6, 6.07) is 22.6. The lowest BCUT2D eigenvalue weighted by Crippen LogP contribution is -2.31. The first-order valence-corrected chi connectivity index (χ1v) is 11.4. The number of aryl methyl sites for hydroxylation is 1. The lowest BCUT2D eigenvalue weighted by atomic mass is 10.1. The fraction of sp³-hybridized carbons (Fsp3) is 0.185. The average Bonchev–Trinajstić information content (AvgIpc) is 3.15. The molecule has 1 aromatic heterocycles. The summed E-state index contributed by atoms with van der Waals surface area (Å²) in [4.78, 5) is 15.1. The van der Waals surface area contributed by atoms with Gasteiger partial charge in [0.15, 0.2) is 0 Å². The van der Waals surface area contributed by atoms with Crippen LogP contribution in [0.15, 0.2) is 78.9 Å². The molecule has 0 aliphatic heterocycles.